The molecule has 3 heterocycles. The molecular formula is C14H21N5O3. The van der Waals surface area contributed by atoms with Gasteiger partial charge in [-0.15, -0.1) is 0 Å². The number of amides is 1. The molecule has 3 atom stereocenters. The highest BCUT2D eigenvalue weighted by atomic mass is 16.5. The number of fused-ring (bicyclic) bond motifs is 1. The third-order valence-corrected chi connectivity index (χ3v) is 4.23. The first-order valence-corrected chi connectivity index (χ1v) is 7.41. The molecule has 0 unspecified atom stereocenters. The maximum absolute atomic E-state index is 11.9. The van der Waals surface area contributed by atoms with Crippen molar-refractivity contribution < 1.29 is 14.6 Å². The average Bonchev–Trinajstić information content (AvgIpc) is 2.94. The Balaban J connectivity index is 1.83. The molecule has 22 heavy (non-hydrogen) atoms. The van der Waals surface area contributed by atoms with E-state index in [2.05, 4.69) is 20.6 Å². The molecule has 2 aliphatic rings. The van der Waals surface area contributed by atoms with Gasteiger partial charge in [-0.2, -0.15) is 4.98 Å². The lowest BCUT2D eigenvalue weighted by Crippen LogP contribution is -2.45. The maximum Gasteiger partial charge on any atom is 0.246 e. The van der Waals surface area contributed by atoms with Crippen LogP contribution < -0.4 is 15.5 Å². The molecule has 0 aliphatic carbocycles. The second-order valence-corrected chi connectivity index (χ2v) is 5.82. The molecule has 0 radical (unpaired) electrons. The first kappa shape index (κ1) is 15.0. The molecule has 8 nitrogen and oxygen atoms in total. The molecule has 1 saturated heterocycles. The van der Waals surface area contributed by atoms with Gasteiger partial charge in [-0.25, -0.2) is 4.98 Å². The number of aryl methyl sites for hydroxylation is 1. The molecule has 120 valence electrons. The molecule has 1 aromatic rings. The largest absolute Gasteiger partial charge is 0.394 e. The van der Waals surface area contributed by atoms with Crippen molar-refractivity contribution in [2.24, 2.45) is 0 Å². The van der Waals surface area contributed by atoms with Crippen LogP contribution in [0, 0.1) is 6.92 Å². The number of rotatable bonds is 3. The van der Waals surface area contributed by atoms with Gasteiger partial charge in [0.2, 0.25) is 11.9 Å². The summed E-state index contributed by atoms with van der Waals surface area (Å²) >= 11 is 0. The Labute approximate surface area is 128 Å². The molecule has 2 aliphatic heterocycles. The fraction of sp³-hybridized carbons (Fsp3) is 0.643. The Kier molecular flexibility index (Phi) is 3.88. The third kappa shape index (κ3) is 2.59. The summed E-state index contributed by atoms with van der Waals surface area (Å²) in [5.74, 6) is 1.16. The van der Waals surface area contributed by atoms with Gasteiger partial charge in [0.25, 0.3) is 0 Å². The second-order valence-electron chi connectivity index (χ2n) is 5.82. The second kappa shape index (κ2) is 5.69. The van der Waals surface area contributed by atoms with Crippen LogP contribution in [-0.4, -0.2) is 59.4 Å². The van der Waals surface area contributed by atoms with E-state index in [1.807, 2.05) is 25.8 Å². The molecule has 1 amide bonds. The van der Waals surface area contributed by atoms with Crippen LogP contribution in [0.3, 0.4) is 0 Å². The van der Waals surface area contributed by atoms with Crippen molar-refractivity contribution >= 4 is 23.4 Å². The highest BCUT2D eigenvalue weighted by Crippen LogP contribution is 2.32. The summed E-state index contributed by atoms with van der Waals surface area (Å²) in [7, 11) is 1.85. The van der Waals surface area contributed by atoms with Crippen molar-refractivity contribution in [2.45, 2.75) is 38.5 Å². The summed E-state index contributed by atoms with van der Waals surface area (Å²) in [6, 6.07) is -0.196. The predicted octanol–water partition coefficient (Wildman–Crippen LogP) is 0.124. The Bertz CT molecular complexity index is 594. The molecule has 1 aromatic heterocycles. The van der Waals surface area contributed by atoms with E-state index in [-0.39, 0.29) is 30.7 Å². The van der Waals surface area contributed by atoms with E-state index in [9.17, 15) is 4.79 Å². The lowest BCUT2D eigenvalue weighted by Gasteiger charge is -2.32. The monoisotopic (exact) mass is 307 g/mol. The molecule has 3 rings (SSSR count). The van der Waals surface area contributed by atoms with Crippen molar-refractivity contribution in [1.82, 2.24) is 9.97 Å². The Morgan fingerprint density at radius 3 is 2.95 bits per heavy atom. The van der Waals surface area contributed by atoms with E-state index in [0.29, 0.717) is 24.1 Å². The molecule has 0 spiro atoms. The number of nitrogens with zero attached hydrogens (tertiary/aromatic N) is 3. The van der Waals surface area contributed by atoms with Gasteiger partial charge in [-0.1, -0.05) is 0 Å². The zero-order valence-electron chi connectivity index (χ0n) is 13.0. The zero-order chi connectivity index (χ0) is 15.9. The van der Waals surface area contributed by atoms with E-state index in [4.69, 9.17) is 9.84 Å². The number of hydrogen-bond donors (Lipinski definition) is 3. The van der Waals surface area contributed by atoms with Crippen LogP contribution in [0.1, 0.15) is 19.0 Å². The smallest absolute Gasteiger partial charge is 0.246 e. The minimum atomic E-state index is -0.275. The maximum atomic E-state index is 11.9. The number of carbonyl (C=O) groups excluding carboxylic acids is 1. The van der Waals surface area contributed by atoms with E-state index >= 15 is 0 Å². The third-order valence-electron chi connectivity index (χ3n) is 4.23. The average molecular weight is 307 g/mol. The number of aromatic nitrogens is 2. The van der Waals surface area contributed by atoms with Crippen molar-refractivity contribution in [3.05, 3.63) is 5.69 Å². The first-order chi connectivity index (χ1) is 10.5. The SMILES string of the molecule is Cc1nc(N[C@H]2CO[C@H](CO)C2)nc2c1NC(=O)[C@H](C)N2C. The first-order valence-electron chi connectivity index (χ1n) is 7.41. The molecule has 0 aromatic carbocycles. The number of nitrogens with one attached hydrogen (secondary N) is 2. The van der Waals surface area contributed by atoms with Crippen LogP contribution in [0.15, 0.2) is 0 Å². The minimum Gasteiger partial charge on any atom is -0.394 e. The molecule has 1 fully saturated rings. The van der Waals surface area contributed by atoms with Crippen molar-refractivity contribution in [2.75, 3.05) is 35.8 Å². The van der Waals surface area contributed by atoms with Crippen molar-refractivity contribution in [1.29, 1.82) is 0 Å². The number of aliphatic hydroxyl groups is 1. The Morgan fingerprint density at radius 1 is 1.50 bits per heavy atom. The summed E-state index contributed by atoms with van der Waals surface area (Å²) in [4.78, 5) is 22.7. The quantitative estimate of drug-likeness (QED) is 0.729. The summed E-state index contributed by atoms with van der Waals surface area (Å²) < 4.78 is 5.45. The minimum absolute atomic E-state index is 0.0224. The number of ether oxygens (including phenoxy) is 1. The van der Waals surface area contributed by atoms with Gasteiger partial charge >= 0.3 is 0 Å². The zero-order valence-corrected chi connectivity index (χ0v) is 13.0. The van der Waals surface area contributed by atoms with Crippen LogP contribution in [0.5, 0.6) is 0 Å². The summed E-state index contributed by atoms with van der Waals surface area (Å²) in [6.45, 7) is 4.22. The predicted molar refractivity (Wildman–Crippen MR) is 82.1 cm³/mol. The molecule has 0 saturated carbocycles. The topological polar surface area (TPSA) is 99.6 Å². The van der Waals surface area contributed by atoms with Crippen LogP contribution in [0.2, 0.25) is 0 Å². The van der Waals surface area contributed by atoms with E-state index < -0.39 is 0 Å². The highest BCUT2D eigenvalue weighted by molar-refractivity contribution is 6.03. The van der Waals surface area contributed by atoms with Gasteiger partial charge in [0.15, 0.2) is 5.82 Å². The number of hydrogen-bond acceptors (Lipinski definition) is 7. The van der Waals surface area contributed by atoms with Crippen molar-refractivity contribution in [3.8, 4) is 0 Å². The number of aliphatic hydroxyl groups excluding tert-OH is 1. The van der Waals surface area contributed by atoms with E-state index in [1.165, 1.54) is 0 Å². The normalized spacial score (nSPS) is 27.5. The standard InChI is InChI=1S/C14H21N5O3/c1-7-11-12(19(3)8(2)13(21)17-11)18-14(15-7)16-9-4-10(5-20)22-6-9/h8-10,20H,4-6H2,1-3H3,(H,17,21)(H,15,16,18)/t8-,9+,10-/m0/s1. The van der Waals surface area contributed by atoms with Crippen LogP contribution in [0.4, 0.5) is 17.5 Å². The van der Waals surface area contributed by atoms with E-state index in [1.54, 1.807) is 0 Å². The van der Waals surface area contributed by atoms with Gasteiger partial charge in [0.1, 0.15) is 11.7 Å². The molecular weight excluding hydrogens is 286 g/mol. The highest BCUT2D eigenvalue weighted by Gasteiger charge is 2.31. The summed E-state index contributed by atoms with van der Waals surface area (Å²) in [5, 5.41) is 15.2. The molecule has 0 bridgehead atoms. The van der Waals surface area contributed by atoms with Crippen LogP contribution >= 0.6 is 0 Å². The van der Waals surface area contributed by atoms with Crippen LogP contribution in [-0.2, 0) is 9.53 Å². The fourth-order valence-corrected chi connectivity index (χ4v) is 2.73. The fourth-order valence-electron chi connectivity index (χ4n) is 2.73. The van der Waals surface area contributed by atoms with Gasteiger partial charge in [-0.05, 0) is 20.3 Å². The summed E-state index contributed by atoms with van der Waals surface area (Å²) in [6.07, 6.45) is 0.595. The number of carbonyl (C=O) groups is 1. The van der Waals surface area contributed by atoms with Crippen molar-refractivity contribution in [3.63, 3.8) is 0 Å². The Hall–Kier alpha value is -1.93. The summed E-state index contributed by atoms with van der Waals surface area (Å²) in [5.41, 5.74) is 1.38. The lowest BCUT2D eigenvalue weighted by molar-refractivity contribution is -0.117. The van der Waals surface area contributed by atoms with Crippen LogP contribution in [0.25, 0.3) is 0 Å². The molecule has 3 N–H and O–H groups in total. The lowest BCUT2D eigenvalue weighted by atomic mass is 10.1. The van der Waals surface area contributed by atoms with Gasteiger partial charge in [-0.3, -0.25) is 4.79 Å². The van der Waals surface area contributed by atoms with Gasteiger partial charge in [0.05, 0.1) is 31.1 Å². The Morgan fingerprint density at radius 2 is 2.27 bits per heavy atom. The van der Waals surface area contributed by atoms with Gasteiger partial charge < -0.3 is 25.4 Å². The van der Waals surface area contributed by atoms with E-state index in [0.717, 1.165) is 12.1 Å². The number of anilines is 3. The number of likely N-dealkylation sites (N-methyl/N-ethyl adjacent to an activating group) is 1. The molecule has 8 heteroatoms. The van der Waals surface area contributed by atoms with Gasteiger partial charge in [0, 0.05) is 7.05 Å².